The molecular formula is C19H19F3N2O4. The number of nitro benzene ring substituents is 1. The predicted molar refractivity (Wildman–Crippen MR) is 96.1 cm³/mol. The van der Waals surface area contributed by atoms with Gasteiger partial charge in [-0.2, -0.15) is 13.2 Å². The van der Waals surface area contributed by atoms with Gasteiger partial charge < -0.3 is 10.1 Å². The molecule has 0 aliphatic heterocycles. The molecule has 150 valence electrons. The number of nitro groups is 1. The zero-order valence-electron chi connectivity index (χ0n) is 15.2. The third-order valence-corrected chi connectivity index (χ3v) is 4.10. The van der Waals surface area contributed by atoms with E-state index in [1.807, 2.05) is 0 Å². The van der Waals surface area contributed by atoms with Gasteiger partial charge in [0.2, 0.25) is 0 Å². The van der Waals surface area contributed by atoms with Crippen molar-refractivity contribution in [3.8, 4) is 5.75 Å². The van der Waals surface area contributed by atoms with E-state index in [0.29, 0.717) is 5.56 Å². The zero-order valence-corrected chi connectivity index (χ0v) is 15.2. The standard InChI is InChI=1S/C19H19F3N2O4/c1-18(2,13-5-3-6-14(9-13)19(20,21)22)12-23-17(25)11-28-16-8-4-7-15(10-16)24(26)27/h3-10H,11-12H2,1-2H3,(H,23,25). The lowest BCUT2D eigenvalue weighted by atomic mass is 9.83. The summed E-state index contributed by atoms with van der Waals surface area (Å²) in [5.74, 6) is -0.326. The molecule has 0 saturated carbocycles. The number of carbonyl (C=O) groups is 1. The fraction of sp³-hybridized carbons (Fsp3) is 0.316. The molecule has 0 spiro atoms. The Hall–Kier alpha value is -3.10. The number of ether oxygens (including phenoxy) is 1. The molecule has 0 heterocycles. The van der Waals surface area contributed by atoms with Crippen molar-refractivity contribution in [2.75, 3.05) is 13.2 Å². The van der Waals surface area contributed by atoms with Crippen molar-refractivity contribution in [3.63, 3.8) is 0 Å². The van der Waals surface area contributed by atoms with Crippen LogP contribution in [-0.4, -0.2) is 24.0 Å². The van der Waals surface area contributed by atoms with Crippen LogP contribution in [0.4, 0.5) is 18.9 Å². The Kier molecular flexibility index (Phi) is 6.27. The lowest BCUT2D eigenvalue weighted by Crippen LogP contribution is -2.39. The number of amides is 1. The Balaban J connectivity index is 1.94. The first kappa shape index (κ1) is 21.2. The van der Waals surface area contributed by atoms with Crippen LogP contribution >= 0.6 is 0 Å². The van der Waals surface area contributed by atoms with E-state index in [1.54, 1.807) is 19.9 Å². The minimum Gasteiger partial charge on any atom is -0.484 e. The molecule has 2 aromatic rings. The molecule has 6 nitrogen and oxygen atoms in total. The largest absolute Gasteiger partial charge is 0.484 e. The summed E-state index contributed by atoms with van der Waals surface area (Å²) in [4.78, 5) is 22.1. The van der Waals surface area contributed by atoms with E-state index in [9.17, 15) is 28.1 Å². The maximum absolute atomic E-state index is 12.9. The summed E-state index contributed by atoms with van der Waals surface area (Å²) in [5.41, 5.74) is -1.23. The fourth-order valence-corrected chi connectivity index (χ4v) is 2.42. The van der Waals surface area contributed by atoms with Crippen molar-refractivity contribution in [3.05, 3.63) is 69.8 Å². The number of hydrogen-bond acceptors (Lipinski definition) is 4. The van der Waals surface area contributed by atoms with Gasteiger partial charge in [-0.15, -0.1) is 0 Å². The molecule has 0 radical (unpaired) electrons. The lowest BCUT2D eigenvalue weighted by Gasteiger charge is -2.26. The summed E-state index contributed by atoms with van der Waals surface area (Å²) in [6.45, 7) is 3.14. The monoisotopic (exact) mass is 396 g/mol. The van der Waals surface area contributed by atoms with E-state index in [4.69, 9.17) is 4.74 Å². The average Bonchev–Trinajstić information content (AvgIpc) is 2.64. The summed E-state index contributed by atoms with van der Waals surface area (Å²) >= 11 is 0. The van der Waals surface area contributed by atoms with Gasteiger partial charge in [0.25, 0.3) is 11.6 Å². The number of rotatable bonds is 7. The minimum atomic E-state index is -4.44. The molecule has 0 aliphatic carbocycles. The minimum absolute atomic E-state index is 0.0887. The normalized spacial score (nSPS) is 11.8. The molecular weight excluding hydrogens is 377 g/mol. The van der Waals surface area contributed by atoms with Gasteiger partial charge in [0.15, 0.2) is 6.61 Å². The predicted octanol–water partition coefficient (Wildman–Crippen LogP) is 4.09. The van der Waals surface area contributed by atoms with Gasteiger partial charge in [-0.05, 0) is 17.7 Å². The van der Waals surface area contributed by atoms with Crippen LogP contribution in [0.1, 0.15) is 25.0 Å². The number of carbonyl (C=O) groups excluding carboxylic acids is 1. The SMILES string of the molecule is CC(C)(CNC(=O)COc1cccc([N+](=O)[O-])c1)c1cccc(C(F)(F)F)c1. The first-order chi connectivity index (χ1) is 13.0. The third-order valence-electron chi connectivity index (χ3n) is 4.10. The highest BCUT2D eigenvalue weighted by atomic mass is 19.4. The third kappa shape index (κ3) is 5.70. The van der Waals surface area contributed by atoms with Crippen LogP contribution in [0.25, 0.3) is 0 Å². The number of non-ortho nitro benzene ring substituents is 1. The van der Waals surface area contributed by atoms with E-state index >= 15 is 0 Å². The Labute approximate surface area is 159 Å². The Morgan fingerprint density at radius 3 is 2.39 bits per heavy atom. The van der Waals surface area contributed by atoms with Gasteiger partial charge in [-0.3, -0.25) is 14.9 Å². The number of hydrogen-bond donors (Lipinski definition) is 1. The van der Waals surface area contributed by atoms with Crippen LogP contribution in [0, 0.1) is 10.1 Å². The highest BCUT2D eigenvalue weighted by Gasteiger charge is 2.32. The first-order valence-electron chi connectivity index (χ1n) is 8.31. The fourth-order valence-electron chi connectivity index (χ4n) is 2.42. The van der Waals surface area contributed by atoms with Gasteiger partial charge >= 0.3 is 6.18 Å². The molecule has 0 atom stereocenters. The number of benzene rings is 2. The van der Waals surface area contributed by atoms with E-state index in [2.05, 4.69) is 5.32 Å². The van der Waals surface area contributed by atoms with Crippen LogP contribution in [0.15, 0.2) is 48.5 Å². The van der Waals surface area contributed by atoms with Gasteiger partial charge in [-0.1, -0.05) is 38.1 Å². The molecule has 0 saturated heterocycles. The summed E-state index contributed by atoms with van der Waals surface area (Å²) in [6.07, 6.45) is -4.44. The highest BCUT2D eigenvalue weighted by Crippen LogP contribution is 2.32. The Morgan fingerprint density at radius 1 is 1.11 bits per heavy atom. The molecule has 1 amide bonds. The van der Waals surface area contributed by atoms with E-state index < -0.39 is 28.0 Å². The Morgan fingerprint density at radius 2 is 1.75 bits per heavy atom. The summed E-state index contributed by atoms with van der Waals surface area (Å²) in [5, 5.41) is 13.3. The maximum Gasteiger partial charge on any atom is 0.416 e. The van der Waals surface area contributed by atoms with Crippen LogP contribution in [-0.2, 0) is 16.4 Å². The zero-order chi connectivity index (χ0) is 20.9. The van der Waals surface area contributed by atoms with Crippen molar-refractivity contribution in [1.82, 2.24) is 5.32 Å². The Bertz CT molecular complexity index is 866. The lowest BCUT2D eigenvalue weighted by molar-refractivity contribution is -0.384. The van der Waals surface area contributed by atoms with Crippen molar-refractivity contribution in [2.24, 2.45) is 0 Å². The van der Waals surface area contributed by atoms with Gasteiger partial charge in [0.05, 0.1) is 16.6 Å². The molecule has 0 fully saturated rings. The van der Waals surface area contributed by atoms with E-state index in [-0.39, 0.29) is 24.6 Å². The molecule has 9 heteroatoms. The average molecular weight is 396 g/mol. The quantitative estimate of drug-likeness (QED) is 0.565. The summed E-state index contributed by atoms with van der Waals surface area (Å²) in [7, 11) is 0. The second-order valence-electron chi connectivity index (χ2n) is 6.78. The molecule has 1 N–H and O–H groups in total. The van der Waals surface area contributed by atoms with Gasteiger partial charge in [0.1, 0.15) is 5.75 Å². The van der Waals surface area contributed by atoms with E-state index in [1.165, 1.54) is 30.3 Å². The summed E-state index contributed by atoms with van der Waals surface area (Å²) < 4.78 is 43.9. The van der Waals surface area contributed by atoms with Crippen LogP contribution in [0.3, 0.4) is 0 Å². The number of alkyl halides is 3. The van der Waals surface area contributed by atoms with Crippen LogP contribution < -0.4 is 10.1 Å². The highest BCUT2D eigenvalue weighted by molar-refractivity contribution is 5.77. The number of halogens is 3. The summed E-state index contributed by atoms with van der Waals surface area (Å²) in [6, 6.07) is 10.4. The van der Waals surface area contributed by atoms with E-state index in [0.717, 1.165) is 12.1 Å². The molecule has 0 unspecified atom stereocenters. The molecule has 2 aromatic carbocycles. The second-order valence-corrected chi connectivity index (χ2v) is 6.78. The molecule has 0 bridgehead atoms. The van der Waals surface area contributed by atoms with Crippen LogP contribution in [0.2, 0.25) is 0 Å². The number of nitrogens with one attached hydrogen (secondary N) is 1. The maximum atomic E-state index is 12.9. The molecule has 28 heavy (non-hydrogen) atoms. The van der Waals surface area contributed by atoms with Crippen molar-refractivity contribution in [1.29, 1.82) is 0 Å². The van der Waals surface area contributed by atoms with Gasteiger partial charge in [0, 0.05) is 18.0 Å². The molecule has 0 aliphatic rings. The van der Waals surface area contributed by atoms with Gasteiger partial charge in [-0.25, -0.2) is 0 Å². The first-order valence-corrected chi connectivity index (χ1v) is 8.31. The van der Waals surface area contributed by atoms with Crippen molar-refractivity contribution >= 4 is 11.6 Å². The van der Waals surface area contributed by atoms with Crippen LogP contribution in [0.5, 0.6) is 5.75 Å². The number of nitrogens with zero attached hydrogens (tertiary/aromatic N) is 1. The second kappa shape index (κ2) is 8.28. The molecule has 0 aromatic heterocycles. The van der Waals surface area contributed by atoms with Crippen molar-refractivity contribution < 1.29 is 27.6 Å². The topological polar surface area (TPSA) is 81.5 Å². The smallest absolute Gasteiger partial charge is 0.416 e. The van der Waals surface area contributed by atoms with Crippen molar-refractivity contribution in [2.45, 2.75) is 25.4 Å². The molecule has 2 rings (SSSR count).